The van der Waals surface area contributed by atoms with E-state index in [9.17, 15) is 0 Å². The third-order valence-corrected chi connectivity index (χ3v) is 4.01. The van der Waals surface area contributed by atoms with E-state index in [0.717, 1.165) is 19.0 Å². The van der Waals surface area contributed by atoms with E-state index in [-0.39, 0.29) is 0 Å². The van der Waals surface area contributed by atoms with Crippen LogP contribution in [-0.4, -0.2) is 13.1 Å². The average Bonchev–Trinajstić information content (AvgIpc) is 3.01. The predicted octanol–water partition coefficient (Wildman–Crippen LogP) is 3.27. The molecule has 1 saturated carbocycles. The molecule has 1 aliphatic carbocycles. The highest BCUT2D eigenvalue weighted by atomic mass is 14.9. The number of likely N-dealkylation sites (N-methyl/N-ethyl adjacent to an activating group) is 1. The van der Waals surface area contributed by atoms with Gasteiger partial charge in [-0.05, 0) is 31.4 Å². The first-order valence-corrected chi connectivity index (χ1v) is 6.50. The normalized spacial score (nSPS) is 28.1. The van der Waals surface area contributed by atoms with Crippen LogP contribution in [0, 0.1) is 12.8 Å². The van der Waals surface area contributed by atoms with E-state index < -0.39 is 0 Å². The lowest BCUT2D eigenvalue weighted by molar-refractivity contribution is 0.534. The van der Waals surface area contributed by atoms with Crippen LogP contribution in [0.15, 0.2) is 24.3 Å². The van der Waals surface area contributed by atoms with Gasteiger partial charge in [-0.2, -0.15) is 0 Å². The van der Waals surface area contributed by atoms with E-state index in [1.807, 2.05) is 0 Å². The van der Waals surface area contributed by atoms with E-state index in [2.05, 4.69) is 50.4 Å². The van der Waals surface area contributed by atoms with Gasteiger partial charge in [0, 0.05) is 12.0 Å². The van der Waals surface area contributed by atoms with Gasteiger partial charge in [-0.3, -0.25) is 0 Å². The van der Waals surface area contributed by atoms with Gasteiger partial charge < -0.3 is 5.32 Å². The van der Waals surface area contributed by atoms with Gasteiger partial charge in [0.15, 0.2) is 0 Å². The summed E-state index contributed by atoms with van der Waals surface area (Å²) in [6, 6.07) is 9.06. The molecule has 1 N–H and O–H groups in total. The summed E-state index contributed by atoms with van der Waals surface area (Å²) < 4.78 is 0. The van der Waals surface area contributed by atoms with E-state index in [1.165, 1.54) is 18.4 Å². The Labute approximate surface area is 99.3 Å². The van der Waals surface area contributed by atoms with Gasteiger partial charge >= 0.3 is 0 Å². The monoisotopic (exact) mass is 217 g/mol. The van der Waals surface area contributed by atoms with Crippen LogP contribution in [0.5, 0.6) is 0 Å². The molecule has 2 unspecified atom stereocenters. The molecule has 0 radical (unpaired) electrons. The molecule has 1 aromatic rings. The number of hydrogen-bond acceptors (Lipinski definition) is 1. The lowest BCUT2D eigenvalue weighted by Gasteiger charge is -2.19. The summed E-state index contributed by atoms with van der Waals surface area (Å²) in [7, 11) is 0. The molecular formula is C15H23N. The minimum atomic E-state index is 0.441. The molecule has 0 aromatic heterocycles. The highest BCUT2D eigenvalue weighted by Gasteiger charge is 2.53. The van der Waals surface area contributed by atoms with E-state index in [4.69, 9.17) is 0 Å². The quantitative estimate of drug-likeness (QED) is 0.798. The maximum absolute atomic E-state index is 3.53. The highest BCUT2D eigenvalue weighted by molar-refractivity contribution is 5.36. The molecule has 1 fully saturated rings. The average molecular weight is 217 g/mol. The Morgan fingerprint density at radius 1 is 1.38 bits per heavy atom. The van der Waals surface area contributed by atoms with E-state index >= 15 is 0 Å². The molecule has 0 aliphatic heterocycles. The van der Waals surface area contributed by atoms with Crippen LogP contribution in [0.3, 0.4) is 0 Å². The molecule has 0 heterocycles. The van der Waals surface area contributed by atoms with Crippen molar-refractivity contribution in [1.82, 2.24) is 5.32 Å². The number of nitrogens with one attached hydrogen (secondary N) is 1. The molecule has 2 atom stereocenters. The van der Waals surface area contributed by atoms with Crippen LogP contribution in [0.1, 0.15) is 37.8 Å². The first-order valence-electron chi connectivity index (χ1n) is 6.50. The fourth-order valence-electron chi connectivity index (χ4n) is 2.89. The van der Waals surface area contributed by atoms with Crippen LogP contribution in [-0.2, 0) is 5.41 Å². The number of hydrogen-bond donors (Lipinski definition) is 1. The van der Waals surface area contributed by atoms with Crippen LogP contribution < -0.4 is 5.32 Å². The van der Waals surface area contributed by atoms with Gasteiger partial charge in [-0.15, -0.1) is 0 Å². The van der Waals surface area contributed by atoms with Crippen molar-refractivity contribution in [2.75, 3.05) is 13.1 Å². The summed E-state index contributed by atoms with van der Waals surface area (Å²) in [6.07, 6.45) is 2.67. The Morgan fingerprint density at radius 2 is 2.19 bits per heavy atom. The molecule has 0 bridgehead atoms. The maximum Gasteiger partial charge on any atom is 0.0109 e. The molecule has 2 rings (SSSR count). The topological polar surface area (TPSA) is 12.0 Å². The molecule has 1 heteroatoms. The summed E-state index contributed by atoms with van der Waals surface area (Å²) in [5.41, 5.74) is 3.37. The minimum Gasteiger partial charge on any atom is -0.316 e. The van der Waals surface area contributed by atoms with Crippen molar-refractivity contribution in [3.05, 3.63) is 35.4 Å². The zero-order valence-electron chi connectivity index (χ0n) is 10.7. The smallest absolute Gasteiger partial charge is 0.0109 e. The molecule has 0 saturated heterocycles. The highest BCUT2D eigenvalue weighted by Crippen LogP contribution is 2.55. The van der Waals surface area contributed by atoms with Crippen LogP contribution in [0.4, 0.5) is 0 Å². The maximum atomic E-state index is 3.53. The predicted molar refractivity (Wildman–Crippen MR) is 69.8 cm³/mol. The van der Waals surface area contributed by atoms with E-state index in [0.29, 0.717) is 5.41 Å². The van der Waals surface area contributed by atoms with Gasteiger partial charge in [0.05, 0.1) is 0 Å². The second-order valence-electron chi connectivity index (χ2n) is 5.12. The minimum absolute atomic E-state index is 0.441. The fraction of sp³-hybridized carbons (Fsp3) is 0.600. The zero-order chi connectivity index (χ0) is 11.6. The second kappa shape index (κ2) is 4.58. The third kappa shape index (κ3) is 2.01. The zero-order valence-corrected chi connectivity index (χ0v) is 10.7. The molecule has 88 valence electrons. The molecule has 0 spiro atoms. The second-order valence-corrected chi connectivity index (χ2v) is 5.12. The first-order chi connectivity index (χ1) is 7.73. The van der Waals surface area contributed by atoms with Gasteiger partial charge in [0.2, 0.25) is 0 Å². The summed E-state index contributed by atoms with van der Waals surface area (Å²) in [5.74, 6) is 0.883. The van der Waals surface area contributed by atoms with Crippen molar-refractivity contribution in [3.63, 3.8) is 0 Å². The summed E-state index contributed by atoms with van der Waals surface area (Å²) >= 11 is 0. The van der Waals surface area contributed by atoms with Gasteiger partial charge in [0.1, 0.15) is 0 Å². The third-order valence-electron chi connectivity index (χ3n) is 4.01. The van der Waals surface area contributed by atoms with Crippen LogP contribution in [0.25, 0.3) is 0 Å². The molecule has 1 aliphatic rings. The molecule has 16 heavy (non-hydrogen) atoms. The Morgan fingerprint density at radius 3 is 2.75 bits per heavy atom. The number of aryl methyl sites for hydroxylation is 1. The van der Waals surface area contributed by atoms with Gasteiger partial charge in [-0.1, -0.05) is 50.1 Å². The Bertz CT molecular complexity index is 358. The number of rotatable bonds is 5. The van der Waals surface area contributed by atoms with Gasteiger partial charge in [0.25, 0.3) is 0 Å². The Hall–Kier alpha value is -0.820. The molecular weight excluding hydrogens is 194 g/mol. The lowest BCUT2D eigenvalue weighted by atomic mass is 9.91. The fourth-order valence-corrected chi connectivity index (χ4v) is 2.89. The van der Waals surface area contributed by atoms with Crippen molar-refractivity contribution >= 4 is 0 Å². The summed E-state index contributed by atoms with van der Waals surface area (Å²) in [5, 5.41) is 3.53. The first kappa shape index (κ1) is 11.7. The van der Waals surface area contributed by atoms with Crippen LogP contribution >= 0.6 is 0 Å². The summed E-state index contributed by atoms with van der Waals surface area (Å²) in [4.78, 5) is 0. The standard InChI is InChI=1S/C15H23N/c1-4-13-10-15(13,11-16-5-2)14-8-6-7-12(3)9-14/h6-9,13,16H,4-5,10-11H2,1-3H3. The molecule has 1 nitrogen and oxygen atoms in total. The van der Waals surface area contributed by atoms with Crippen molar-refractivity contribution in [3.8, 4) is 0 Å². The van der Waals surface area contributed by atoms with Crippen molar-refractivity contribution < 1.29 is 0 Å². The number of benzene rings is 1. The van der Waals surface area contributed by atoms with E-state index in [1.54, 1.807) is 5.56 Å². The largest absolute Gasteiger partial charge is 0.316 e. The Balaban J connectivity index is 2.20. The van der Waals surface area contributed by atoms with Crippen LogP contribution in [0.2, 0.25) is 0 Å². The SMILES string of the molecule is CCNCC1(c2cccc(C)c2)CC1CC. The van der Waals surface area contributed by atoms with Crippen molar-refractivity contribution in [2.45, 2.75) is 39.0 Å². The van der Waals surface area contributed by atoms with Gasteiger partial charge in [-0.25, -0.2) is 0 Å². The van der Waals surface area contributed by atoms with Crippen molar-refractivity contribution in [2.24, 2.45) is 5.92 Å². The molecule has 0 amide bonds. The molecule has 1 aromatic carbocycles. The van der Waals surface area contributed by atoms with Crippen molar-refractivity contribution in [1.29, 1.82) is 0 Å². The Kier molecular flexibility index (Phi) is 3.34. The lowest BCUT2D eigenvalue weighted by Crippen LogP contribution is -2.28. The summed E-state index contributed by atoms with van der Waals surface area (Å²) in [6.45, 7) is 8.91.